The van der Waals surface area contributed by atoms with Gasteiger partial charge in [-0.15, -0.1) is 0 Å². The first-order valence-corrected chi connectivity index (χ1v) is 6.39. The van der Waals surface area contributed by atoms with Gasteiger partial charge in [0, 0.05) is 11.8 Å². The molecule has 0 aliphatic carbocycles. The van der Waals surface area contributed by atoms with Crippen LogP contribution in [0.3, 0.4) is 0 Å². The van der Waals surface area contributed by atoms with Gasteiger partial charge in [-0.1, -0.05) is 12.1 Å². The summed E-state index contributed by atoms with van der Waals surface area (Å²) in [6.45, 7) is 2.49. The summed E-state index contributed by atoms with van der Waals surface area (Å²) in [4.78, 5) is 16.3. The summed E-state index contributed by atoms with van der Waals surface area (Å²) < 4.78 is 5.94. The average Bonchev–Trinajstić information content (AvgIpc) is 2.39. The number of hydrogen-bond donors (Lipinski definition) is 0. The van der Waals surface area contributed by atoms with Crippen molar-refractivity contribution in [3.63, 3.8) is 0 Å². The van der Waals surface area contributed by atoms with E-state index in [2.05, 4.69) is 20.9 Å². The van der Waals surface area contributed by atoms with E-state index >= 15 is 0 Å². The van der Waals surface area contributed by atoms with Crippen LogP contribution in [0.25, 0.3) is 0 Å². The zero-order valence-corrected chi connectivity index (χ0v) is 11.5. The molecule has 0 saturated heterocycles. The molecule has 2 aromatic rings. The molecule has 0 unspecified atom stereocenters. The highest BCUT2D eigenvalue weighted by Crippen LogP contribution is 2.20. The lowest BCUT2D eigenvalue weighted by atomic mass is 10.1. The molecule has 0 N–H and O–H groups in total. The summed E-state index contributed by atoms with van der Waals surface area (Å²) in [6.07, 6.45) is 1.64. The van der Waals surface area contributed by atoms with Crippen LogP contribution in [0.1, 0.15) is 22.8 Å². The summed E-state index contributed by atoms with van der Waals surface area (Å²) >= 11 is 3.28. The molecule has 0 atom stereocenters. The number of ketones is 1. The van der Waals surface area contributed by atoms with Crippen LogP contribution in [0, 0.1) is 0 Å². The van der Waals surface area contributed by atoms with Gasteiger partial charge < -0.3 is 4.74 Å². The number of ether oxygens (including phenoxy) is 1. The van der Waals surface area contributed by atoms with Gasteiger partial charge in [-0.2, -0.15) is 0 Å². The minimum atomic E-state index is -0.0727. The normalized spacial score (nSPS) is 10.1. The highest BCUT2D eigenvalue weighted by atomic mass is 79.9. The number of nitrogens with zero attached hydrogens (tertiary/aromatic N) is 1. The first-order chi connectivity index (χ1) is 8.72. The molecule has 0 fully saturated rings. The number of pyridine rings is 1. The highest BCUT2D eigenvalue weighted by molar-refractivity contribution is 9.10. The summed E-state index contributed by atoms with van der Waals surface area (Å²) in [5, 5.41) is 0. The van der Waals surface area contributed by atoms with Crippen molar-refractivity contribution in [3.8, 4) is 5.75 Å². The molecule has 92 valence electrons. The zero-order valence-electron chi connectivity index (χ0n) is 9.89. The van der Waals surface area contributed by atoms with Gasteiger partial charge in [0.05, 0.1) is 12.2 Å². The van der Waals surface area contributed by atoms with E-state index in [1.807, 2.05) is 19.1 Å². The van der Waals surface area contributed by atoms with Crippen LogP contribution in [0.4, 0.5) is 0 Å². The van der Waals surface area contributed by atoms with Crippen LogP contribution in [0.5, 0.6) is 5.75 Å². The molecule has 1 aromatic heterocycles. The summed E-state index contributed by atoms with van der Waals surface area (Å²) in [7, 11) is 0. The summed E-state index contributed by atoms with van der Waals surface area (Å²) in [5.74, 6) is 0.625. The highest BCUT2D eigenvalue weighted by Gasteiger charge is 2.13. The van der Waals surface area contributed by atoms with Gasteiger partial charge in [-0.25, -0.2) is 4.98 Å². The molecular formula is C14H12BrNO2. The average molecular weight is 306 g/mol. The van der Waals surface area contributed by atoms with Crippen molar-refractivity contribution in [2.75, 3.05) is 6.61 Å². The van der Waals surface area contributed by atoms with E-state index in [0.29, 0.717) is 28.1 Å². The molecule has 0 saturated carbocycles. The van der Waals surface area contributed by atoms with Crippen LogP contribution in [-0.4, -0.2) is 17.4 Å². The largest absolute Gasteiger partial charge is 0.494 e. The van der Waals surface area contributed by atoms with E-state index in [1.54, 1.807) is 30.5 Å². The van der Waals surface area contributed by atoms with Crippen molar-refractivity contribution >= 4 is 21.7 Å². The Bertz CT molecular complexity index is 569. The molecule has 0 radical (unpaired) electrons. The molecule has 0 amide bonds. The molecule has 3 nitrogen and oxygen atoms in total. The topological polar surface area (TPSA) is 39.2 Å². The van der Waals surface area contributed by atoms with Gasteiger partial charge in [0.15, 0.2) is 5.78 Å². The Morgan fingerprint density at radius 2 is 2.17 bits per heavy atom. The molecule has 0 spiro atoms. The monoisotopic (exact) mass is 305 g/mol. The quantitative estimate of drug-likeness (QED) is 0.641. The van der Waals surface area contributed by atoms with Crippen molar-refractivity contribution in [2.24, 2.45) is 0 Å². The van der Waals surface area contributed by atoms with Crippen molar-refractivity contribution in [1.82, 2.24) is 4.98 Å². The van der Waals surface area contributed by atoms with E-state index in [0.717, 1.165) is 0 Å². The van der Waals surface area contributed by atoms with E-state index in [-0.39, 0.29) is 5.78 Å². The standard InChI is InChI=1S/C14H12BrNO2/c1-2-18-11-6-3-5-10(9-11)13(17)12-7-4-8-16-14(12)15/h3-9H,2H2,1H3. The number of aromatic nitrogens is 1. The van der Waals surface area contributed by atoms with Crippen molar-refractivity contribution in [3.05, 3.63) is 58.3 Å². The Kier molecular flexibility index (Phi) is 4.10. The number of benzene rings is 1. The molecule has 18 heavy (non-hydrogen) atoms. The predicted molar refractivity (Wildman–Crippen MR) is 73.0 cm³/mol. The molecule has 0 aliphatic rings. The molecule has 0 aliphatic heterocycles. The molecule has 1 heterocycles. The second-order valence-corrected chi connectivity index (χ2v) is 4.38. The minimum absolute atomic E-state index is 0.0727. The third kappa shape index (κ3) is 2.76. The maximum absolute atomic E-state index is 12.3. The lowest BCUT2D eigenvalue weighted by Crippen LogP contribution is -2.03. The van der Waals surface area contributed by atoms with Crippen molar-refractivity contribution in [2.45, 2.75) is 6.92 Å². The fourth-order valence-electron chi connectivity index (χ4n) is 1.60. The van der Waals surface area contributed by atoms with Crippen molar-refractivity contribution in [1.29, 1.82) is 0 Å². The van der Waals surface area contributed by atoms with Gasteiger partial charge in [0.2, 0.25) is 0 Å². The predicted octanol–water partition coefficient (Wildman–Crippen LogP) is 3.47. The lowest BCUT2D eigenvalue weighted by Gasteiger charge is -2.06. The third-order valence-corrected chi connectivity index (χ3v) is 3.04. The van der Waals surface area contributed by atoms with Crippen LogP contribution in [0.2, 0.25) is 0 Å². The maximum atomic E-state index is 12.3. The first-order valence-electron chi connectivity index (χ1n) is 5.60. The second kappa shape index (κ2) is 5.78. The first kappa shape index (κ1) is 12.8. The van der Waals surface area contributed by atoms with Gasteiger partial charge in [0.1, 0.15) is 10.4 Å². The van der Waals surface area contributed by atoms with Crippen LogP contribution in [0.15, 0.2) is 47.2 Å². The Balaban J connectivity index is 2.34. The van der Waals surface area contributed by atoms with Gasteiger partial charge in [0.25, 0.3) is 0 Å². The Labute approximate surface area is 114 Å². The summed E-state index contributed by atoms with van der Waals surface area (Å²) in [6, 6.07) is 10.6. The summed E-state index contributed by atoms with van der Waals surface area (Å²) in [5.41, 5.74) is 1.14. The van der Waals surface area contributed by atoms with Gasteiger partial charge >= 0.3 is 0 Å². The second-order valence-electron chi connectivity index (χ2n) is 3.63. The van der Waals surface area contributed by atoms with E-state index in [4.69, 9.17) is 4.74 Å². The van der Waals surface area contributed by atoms with Gasteiger partial charge in [-0.05, 0) is 47.1 Å². The van der Waals surface area contributed by atoms with Gasteiger partial charge in [-0.3, -0.25) is 4.79 Å². The molecule has 4 heteroatoms. The molecule has 0 bridgehead atoms. The Morgan fingerprint density at radius 1 is 1.33 bits per heavy atom. The van der Waals surface area contributed by atoms with Crippen LogP contribution >= 0.6 is 15.9 Å². The Hall–Kier alpha value is -1.68. The number of carbonyl (C=O) groups is 1. The zero-order chi connectivity index (χ0) is 13.0. The number of carbonyl (C=O) groups excluding carboxylic acids is 1. The maximum Gasteiger partial charge on any atom is 0.195 e. The SMILES string of the molecule is CCOc1cccc(C(=O)c2cccnc2Br)c1. The number of hydrogen-bond acceptors (Lipinski definition) is 3. The lowest BCUT2D eigenvalue weighted by molar-refractivity contribution is 0.103. The molecule has 2 rings (SSSR count). The van der Waals surface area contributed by atoms with E-state index < -0.39 is 0 Å². The number of halogens is 1. The minimum Gasteiger partial charge on any atom is -0.494 e. The van der Waals surface area contributed by atoms with E-state index in [9.17, 15) is 4.79 Å². The Morgan fingerprint density at radius 3 is 2.89 bits per heavy atom. The molecule has 1 aromatic carbocycles. The van der Waals surface area contributed by atoms with Crippen molar-refractivity contribution < 1.29 is 9.53 Å². The fourth-order valence-corrected chi connectivity index (χ4v) is 2.04. The van der Waals surface area contributed by atoms with Crippen LogP contribution < -0.4 is 4.74 Å². The van der Waals surface area contributed by atoms with E-state index in [1.165, 1.54) is 0 Å². The molecular weight excluding hydrogens is 294 g/mol. The fraction of sp³-hybridized carbons (Fsp3) is 0.143. The number of rotatable bonds is 4. The third-order valence-electron chi connectivity index (χ3n) is 2.41. The van der Waals surface area contributed by atoms with Crippen LogP contribution in [-0.2, 0) is 0 Å². The smallest absolute Gasteiger partial charge is 0.195 e.